The lowest BCUT2D eigenvalue weighted by Gasteiger charge is -2.06. The number of carboxylic acid groups (broad SMARTS) is 1. The molecule has 94 valence electrons. The maximum Gasteiger partial charge on any atom is 0.358 e. The van der Waals surface area contributed by atoms with Crippen LogP contribution in [0.5, 0.6) is 5.75 Å². The van der Waals surface area contributed by atoms with Crippen molar-refractivity contribution in [3.05, 3.63) is 45.8 Å². The summed E-state index contributed by atoms with van der Waals surface area (Å²) in [6.45, 7) is 0.0142. The first-order valence-corrected chi connectivity index (χ1v) is 5.59. The van der Waals surface area contributed by atoms with Gasteiger partial charge < -0.3 is 14.4 Å². The Kier molecular flexibility index (Phi) is 3.74. The van der Waals surface area contributed by atoms with Crippen LogP contribution in [0.2, 0.25) is 10.0 Å². The van der Waals surface area contributed by atoms with Crippen LogP contribution in [0, 0.1) is 0 Å². The van der Waals surface area contributed by atoms with Crippen LogP contribution >= 0.6 is 23.2 Å². The fraction of sp³-hybridized carbons (Fsp3) is 0.0909. The van der Waals surface area contributed by atoms with E-state index < -0.39 is 5.97 Å². The first-order chi connectivity index (χ1) is 8.58. The molecule has 2 aromatic rings. The molecule has 0 spiro atoms. The van der Waals surface area contributed by atoms with Gasteiger partial charge in [-0.2, -0.15) is 0 Å². The zero-order chi connectivity index (χ0) is 13.1. The molecule has 0 radical (unpaired) electrons. The number of aromatic carboxylic acids is 1. The molecule has 7 heteroatoms. The third kappa shape index (κ3) is 2.75. The van der Waals surface area contributed by atoms with Crippen LogP contribution in [0.3, 0.4) is 0 Å². The highest BCUT2D eigenvalue weighted by atomic mass is 35.5. The topological polar surface area (TPSA) is 72.6 Å². The molecule has 1 N–H and O–H groups in total. The monoisotopic (exact) mass is 287 g/mol. The summed E-state index contributed by atoms with van der Waals surface area (Å²) in [4.78, 5) is 10.6. The van der Waals surface area contributed by atoms with Crippen molar-refractivity contribution in [2.75, 3.05) is 0 Å². The Bertz CT molecular complexity index is 582. The Morgan fingerprint density at radius 3 is 2.89 bits per heavy atom. The van der Waals surface area contributed by atoms with E-state index in [9.17, 15) is 4.79 Å². The highest BCUT2D eigenvalue weighted by molar-refractivity contribution is 6.42. The molecule has 0 aliphatic carbocycles. The summed E-state index contributed by atoms with van der Waals surface area (Å²) in [5, 5.41) is 12.7. The Hall–Kier alpha value is -1.72. The van der Waals surface area contributed by atoms with E-state index in [0.717, 1.165) is 0 Å². The van der Waals surface area contributed by atoms with Gasteiger partial charge >= 0.3 is 5.97 Å². The van der Waals surface area contributed by atoms with Crippen molar-refractivity contribution >= 4 is 29.2 Å². The van der Waals surface area contributed by atoms with Crippen LogP contribution in [0.1, 0.15) is 16.2 Å². The molecule has 2 rings (SSSR count). The number of ether oxygens (including phenoxy) is 1. The minimum absolute atomic E-state index is 0.0142. The number of carboxylic acids is 1. The summed E-state index contributed by atoms with van der Waals surface area (Å²) in [6.07, 6.45) is 0. The molecule has 0 saturated heterocycles. The van der Waals surface area contributed by atoms with E-state index in [-0.39, 0.29) is 23.1 Å². The van der Waals surface area contributed by atoms with Crippen molar-refractivity contribution in [1.82, 2.24) is 5.16 Å². The molecule has 0 fully saturated rings. The smallest absolute Gasteiger partial charge is 0.358 e. The van der Waals surface area contributed by atoms with Gasteiger partial charge in [0.1, 0.15) is 17.4 Å². The van der Waals surface area contributed by atoms with Gasteiger partial charge in [-0.05, 0) is 12.1 Å². The van der Waals surface area contributed by atoms with E-state index >= 15 is 0 Å². The van der Waals surface area contributed by atoms with Gasteiger partial charge in [-0.15, -0.1) is 0 Å². The normalized spacial score (nSPS) is 10.3. The zero-order valence-corrected chi connectivity index (χ0v) is 10.4. The summed E-state index contributed by atoms with van der Waals surface area (Å²) < 4.78 is 10.1. The summed E-state index contributed by atoms with van der Waals surface area (Å²) in [5.74, 6) is -0.494. The summed E-state index contributed by atoms with van der Waals surface area (Å²) in [6, 6.07) is 6.24. The molecule has 1 aromatic carbocycles. The van der Waals surface area contributed by atoms with Gasteiger partial charge in [0.05, 0.1) is 5.02 Å². The number of hydrogen-bond donors (Lipinski definition) is 1. The highest BCUT2D eigenvalue weighted by Crippen LogP contribution is 2.31. The second kappa shape index (κ2) is 5.29. The van der Waals surface area contributed by atoms with Gasteiger partial charge in [-0.25, -0.2) is 4.79 Å². The Morgan fingerprint density at radius 1 is 1.44 bits per heavy atom. The van der Waals surface area contributed by atoms with Gasteiger partial charge in [-0.3, -0.25) is 0 Å². The molecule has 0 aliphatic rings. The van der Waals surface area contributed by atoms with Gasteiger partial charge in [-0.1, -0.05) is 34.4 Å². The van der Waals surface area contributed by atoms with Crippen molar-refractivity contribution in [3.63, 3.8) is 0 Å². The van der Waals surface area contributed by atoms with Crippen LogP contribution in [0.4, 0.5) is 0 Å². The van der Waals surface area contributed by atoms with Gasteiger partial charge in [0.15, 0.2) is 11.5 Å². The number of carbonyl (C=O) groups is 1. The third-order valence-corrected chi connectivity index (χ3v) is 2.87. The molecule has 18 heavy (non-hydrogen) atoms. The van der Waals surface area contributed by atoms with E-state index in [2.05, 4.69) is 5.16 Å². The molecular formula is C11H7Cl2NO4. The SMILES string of the molecule is O=C(O)c1cc(COc2cccc(Cl)c2Cl)on1. The maximum atomic E-state index is 10.6. The molecule has 0 unspecified atom stereocenters. The molecule has 0 aliphatic heterocycles. The summed E-state index contributed by atoms with van der Waals surface area (Å²) in [5.41, 5.74) is -0.175. The predicted molar refractivity (Wildman–Crippen MR) is 64.3 cm³/mol. The van der Waals surface area contributed by atoms with Crippen molar-refractivity contribution in [2.45, 2.75) is 6.61 Å². The van der Waals surface area contributed by atoms with Crippen molar-refractivity contribution in [3.8, 4) is 5.75 Å². The second-order valence-electron chi connectivity index (χ2n) is 3.32. The lowest BCUT2D eigenvalue weighted by atomic mass is 10.3. The van der Waals surface area contributed by atoms with Crippen molar-refractivity contribution < 1.29 is 19.2 Å². The van der Waals surface area contributed by atoms with Crippen LogP contribution in [-0.4, -0.2) is 16.2 Å². The first kappa shape index (κ1) is 12.7. The average Bonchev–Trinajstić information content (AvgIpc) is 2.80. The Labute approximate surface area is 112 Å². The van der Waals surface area contributed by atoms with E-state index in [4.69, 9.17) is 37.6 Å². The average molecular weight is 288 g/mol. The molecule has 1 heterocycles. The van der Waals surface area contributed by atoms with Gasteiger partial charge in [0.2, 0.25) is 0 Å². The standard InChI is InChI=1S/C11H7Cl2NO4/c12-7-2-1-3-9(10(7)13)17-5-6-4-8(11(15)16)14-18-6/h1-4H,5H2,(H,15,16). The highest BCUT2D eigenvalue weighted by Gasteiger charge is 2.12. The Balaban J connectivity index is 2.07. The molecular weight excluding hydrogens is 281 g/mol. The fourth-order valence-electron chi connectivity index (χ4n) is 1.23. The van der Waals surface area contributed by atoms with E-state index in [1.807, 2.05) is 0 Å². The Morgan fingerprint density at radius 2 is 2.22 bits per heavy atom. The molecule has 0 amide bonds. The lowest BCUT2D eigenvalue weighted by molar-refractivity contribution is 0.0685. The zero-order valence-electron chi connectivity index (χ0n) is 8.89. The number of aromatic nitrogens is 1. The maximum absolute atomic E-state index is 10.6. The largest absolute Gasteiger partial charge is 0.484 e. The van der Waals surface area contributed by atoms with Crippen molar-refractivity contribution in [2.24, 2.45) is 0 Å². The predicted octanol–water partition coefficient (Wildman–Crippen LogP) is 3.26. The minimum atomic E-state index is -1.16. The molecule has 0 atom stereocenters. The molecule has 1 aromatic heterocycles. The van der Waals surface area contributed by atoms with E-state index in [1.165, 1.54) is 6.07 Å². The quantitative estimate of drug-likeness (QED) is 0.934. The number of nitrogens with zero attached hydrogens (tertiary/aromatic N) is 1. The van der Waals surface area contributed by atoms with Gasteiger partial charge in [0.25, 0.3) is 0 Å². The van der Waals surface area contributed by atoms with Crippen LogP contribution in [0.15, 0.2) is 28.8 Å². The van der Waals surface area contributed by atoms with Crippen molar-refractivity contribution in [1.29, 1.82) is 0 Å². The fourth-order valence-corrected chi connectivity index (χ4v) is 1.57. The minimum Gasteiger partial charge on any atom is -0.484 e. The number of halogens is 2. The third-order valence-electron chi connectivity index (χ3n) is 2.06. The summed E-state index contributed by atoms with van der Waals surface area (Å²) >= 11 is 11.7. The number of hydrogen-bond acceptors (Lipinski definition) is 4. The van der Waals surface area contributed by atoms with Crippen LogP contribution < -0.4 is 4.74 Å². The molecule has 0 saturated carbocycles. The van der Waals surface area contributed by atoms with Crippen LogP contribution in [0.25, 0.3) is 0 Å². The second-order valence-corrected chi connectivity index (χ2v) is 4.11. The van der Waals surface area contributed by atoms with E-state index in [1.54, 1.807) is 18.2 Å². The van der Waals surface area contributed by atoms with E-state index in [0.29, 0.717) is 10.8 Å². The first-order valence-electron chi connectivity index (χ1n) is 4.83. The summed E-state index contributed by atoms with van der Waals surface area (Å²) in [7, 11) is 0. The molecule has 0 bridgehead atoms. The number of benzene rings is 1. The van der Waals surface area contributed by atoms with Gasteiger partial charge in [0, 0.05) is 6.07 Å². The van der Waals surface area contributed by atoms with Crippen LogP contribution in [-0.2, 0) is 6.61 Å². The number of rotatable bonds is 4. The lowest BCUT2D eigenvalue weighted by Crippen LogP contribution is -1.96. The molecule has 5 nitrogen and oxygen atoms in total.